The largest absolute Gasteiger partial charge is 0.494 e. The van der Waals surface area contributed by atoms with Crippen LogP contribution in [0, 0.1) is 0 Å². The molecule has 0 bridgehead atoms. The molecular formula is C15H25NO2S. The van der Waals surface area contributed by atoms with Crippen molar-refractivity contribution in [3.05, 3.63) is 29.3 Å². The van der Waals surface area contributed by atoms with E-state index in [-0.39, 0.29) is 11.9 Å². The van der Waals surface area contributed by atoms with Gasteiger partial charge in [0.2, 0.25) is 0 Å². The number of benzene rings is 1. The smallest absolute Gasteiger partial charge is 0.123 e. The van der Waals surface area contributed by atoms with Gasteiger partial charge >= 0.3 is 0 Å². The summed E-state index contributed by atoms with van der Waals surface area (Å²) in [6.45, 7) is 7.06. The summed E-state index contributed by atoms with van der Waals surface area (Å²) in [6.07, 6.45) is 0. The van der Waals surface area contributed by atoms with E-state index in [1.165, 1.54) is 11.1 Å². The third-order valence-corrected chi connectivity index (χ3v) is 4.29. The zero-order chi connectivity index (χ0) is 14.3. The van der Waals surface area contributed by atoms with Crippen LogP contribution in [0.2, 0.25) is 0 Å². The van der Waals surface area contributed by atoms with Crippen LogP contribution < -0.4 is 10.1 Å². The molecule has 3 nitrogen and oxygen atoms in total. The Bertz CT molecular complexity index is 384. The average molecular weight is 283 g/mol. The lowest BCUT2D eigenvalue weighted by Crippen LogP contribution is -2.12. The Hall–Kier alpha value is -0.710. The second-order valence-electron chi connectivity index (χ2n) is 4.61. The van der Waals surface area contributed by atoms with E-state index in [2.05, 4.69) is 24.4 Å². The SMILES string of the molecule is CCOc1ccc(C(C)NC)cc1CSC(C)CO. The van der Waals surface area contributed by atoms with E-state index in [0.29, 0.717) is 12.6 Å². The van der Waals surface area contributed by atoms with Crippen molar-refractivity contribution in [1.82, 2.24) is 5.32 Å². The van der Waals surface area contributed by atoms with Crippen molar-refractivity contribution in [2.75, 3.05) is 20.3 Å². The van der Waals surface area contributed by atoms with Gasteiger partial charge in [-0.1, -0.05) is 13.0 Å². The van der Waals surface area contributed by atoms with Crippen LogP contribution in [-0.2, 0) is 5.75 Å². The molecule has 2 atom stereocenters. The molecule has 1 rings (SSSR count). The molecule has 0 saturated heterocycles. The van der Waals surface area contributed by atoms with E-state index < -0.39 is 0 Å². The standard InChI is InChI=1S/C15H25NO2S/c1-5-18-15-7-6-13(12(3)16-4)8-14(15)10-19-11(2)9-17/h6-8,11-12,16-17H,5,9-10H2,1-4H3. The first-order valence-electron chi connectivity index (χ1n) is 6.77. The number of aliphatic hydroxyl groups excluding tert-OH is 1. The van der Waals surface area contributed by atoms with Crippen LogP contribution in [0.5, 0.6) is 5.75 Å². The van der Waals surface area contributed by atoms with Crippen molar-refractivity contribution >= 4 is 11.8 Å². The highest BCUT2D eigenvalue weighted by atomic mass is 32.2. The average Bonchev–Trinajstić information content (AvgIpc) is 2.45. The van der Waals surface area contributed by atoms with E-state index in [4.69, 9.17) is 9.84 Å². The molecule has 2 unspecified atom stereocenters. The minimum absolute atomic E-state index is 0.210. The lowest BCUT2D eigenvalue weighted by Gasteiger charge is -2.16. The van der Waals surface area contributed by atoms with Gasteiger partial charge in [0.05, 0.1) is 13.2 Å². The van der Waals surface area contributed by atoms with E-state index in [0.717, 1.165) is 11.5 Å². The summed E-state index contributed by atoms with van der Waals surface area (Å²) in [7, 11) is 1.96. The Morgan fingerprint density at radius 1 is 1.37 bits per heavy atom. The maximum Gasteiger partial charge on any atom is 0.123 e. The molecule has 2 N–H and O–H groups in total. The summed E-state index contributed by atoms with van der Waals surface area (Å²) in [5.74, 6) is 1.81. The zero-order valence-corrected chi connectivity index (χ0v) is 13.1. The molecule has 0 aromatic heterocycles. The predicted molar refractivity (Wildman–Crippen MR) is 82.9 cm³/mol. The van der Waals surface area contributed by atoms with Gasteiger partial charge in [-0.2, -0.15) is 11.8 Å². The van der Waals surface area contributed by atoms with E-state index in [9.17, 15) is 0 Å². The van der Waals surface area contributed by atoms with Crippen LogP contribution in [-0.4, -0.2) is 30.6 Å². The van der Waals surface area contributed by atoms with E-state index >= 15 is 0 Å². The first-order chi connectivity index (χ1) is 9.12. The first kappa shape index (κ1) is 16.3. The normalized spacial score (nSPS) is 14.2. The van der Waals surface area contributed by atoms with Crippen molar-refractivity contribution in [1.29, 1.82) is 0 Å². The number of ether oxygens (including phenoxy) is 1. The van der Waals surface area contributed by atoms with Gasteiger partial charge in [-0.3, -0.25) is 0 Å². The van der Waals surface area contributed by atoms with Gasteiger partial charge in [-0.25, -0.2) is 0 Å². The molecular weight excluding hydrogens is 258 g/mol. The quantitative estimate of drug-likeness (QED) is 0.769. The molecule has 0 saturated carbocycles. The Balaban J connectivity index is 2.88. The topological polar surface area (TPSA) is 41.5 Å². The molecule has 0 spiro atoms. The van der Waals surface area contributed by atoms with Crippen LogP contribution >= 0.6 is 11.8 Å². The maximum atomic E-state index is 9.10. The van der Waals surface area contributed by atoms with Crippen molar-refractivity contribution in [3.63, 3.8) is 0 Å². The Labute approximate surface area is 120 Å². The number of rotatable bonds is 8. The molecule has 0 fully saturated rings. The second-order valence-corrected chi connectivity index (χ2v) is 6.04. The summed E-state index contributed by atoms with van der Waals surface area (Å²) in [4.78, 5) is 0. The van der Waals surface area contributed by atoms with Crippen LogP contribution in [0.1, 0.15) is 37.9 Å². The maximum absolute atomic E-state index is 9.10. The Kier molecular flexibility index (Phi) is 7.28. The molecule has 1 aromatic carbocycles. The number of thioether (sulfide) groups is 1. The van der Waals surface area contributed by atoms with Crippen molar-refractivity contribution in [3.8, 4) is 5.75 Å². The molecule has 0 aliphatic carbocycles. The van der Waals surface area contributed by atoms with Crippen LogP contribution in [0.25, 0.3) is 0 Å². The highest BCUT2D eigenvalue weighted by molar-refractivity contribution is 7.99. The molecule has 4 heteroatoms. The summed E-state index contributed by atoms with van der Waals surface area (Å²) >= 11 is 1.75. The number of aliphatic hydroxyl groups is 1. The third-order valence-electron chi connectivity index (χ3n) is 3.10. The Morgan fingerprint density at radius 2 is 2.11 bits per heavy atom. The third kappa shape index (κ3) is 5.05. The molecule has 0 aliphatic rings. The van der Waals surface area contributed by atoms with Crippen molar-refractivity contribution in [2.45, 2.75) is 37.8 Å². The fraction of sp³-hybridized carbons (Fsp3) is 0.600. The fourth-order valence-electron chi connectivity index (χ4n) is 1.73. The molecule has 0 heterocycles. The lowest BCUT2D eigenvalue weighted by molar-refractivity contribution is 0.300. The highest BCUT2D eigenvalue weighted by Gasteiger charge is 2.10. The van der Waals surface area contributed by atoms with E-state index in [1.54, 1.807) is 11.8 Å². The minimum Gasteiger partial charge on any atom is -0.494 e. The van der Waals surface area contributed by atoms with Gasteiger partial charge < -0.3 is 15.2 Å². The molecule has 1 aromatic rings. The second kappa shape index (κ2) is 8.46. The lowest BCUT2D eigenvalue weighted by atomic mass is 10.1. The number of hydrogen-bond acceptors (Lipinski definition) is 4. The van der Waals surface area contributed by atoms with Gasteiger partial charge in [-0.05, 0) is 38.6 Å². The van der Waals surface area contributed by atoms with Gasteiger partial charge in [0.1, 0.15) is 5.75 Å². The van der Waals surface area contributed by atoms with Crippen molar-refractivity contribution in [2.24, 2.45) is 0 Å². The van der Waals surface area contributed by atoms with Crippen LogP contribution in [0.4, 0.5) is 0 Å². The number of nitrogens with one attached hydrogen (secondary N) is 1. The van der Waals surface area contributed by atoms with Gasteiger partial charge in [0.25, 0.3) is 0 Å². The fourth-order valence-corrected chi connectivity index (χ4v) is 2.52. The molecule has 0 amide bonds. The van der Waals surface area contributed by atoms with Crippen LogP contribution in [0.15, 0.2) is 18.2 Å². The molecule has 0 aliphatic heterocycles. The van der Waals surface area contributed by atoms with E-state index in [1.807, 2.05) is 27.0 Å². The minimum atomic E-state index is 0.210. The van der Waals surface area contributed by atoms with Gasteiger partial charge in [0, 0.05) is 22.6 Å². The first-order valence-corrected chi connectivity index (χ1v) is 7.82. The van der Waals surface area contributed by atoms with Gasteiger partial charge in [0.15, 0.2) is 0 Å². The molecule has 19 heavy (non-hydrogen) atoms. The summed E-state index contributed by atoms with van der Waals surface area (Å²) < 4.78 is 5.68. The highest BCUT2D eigenvalue weighted by Crippen LogP contribution is 2.28. The number of hydrogen-bond donors (Lipinski definition) is 2. The molecule has 0 radical (unpaired) electrons. The Morgan fingerprint density at radius 3 is 2.68 bits per heavy atom. The van der Waals surface area contributed by atoms with Crippen LogP contribution in [0.3, 0.4) is 0 Å². The zero-order valence-electron chi connectivity index (χ0n) is 12.3. The predicted octanol–water partition coefficient (Wildman–Crippen LogP) is 2.98. The van der Waals surface area contributed by atoms with Gasteiger partial charge in [-0.15, -0.1) is 0 Å². The summed E-state index contributed by atoms with van der Waals surface area (Å²) in [6, 6.07) is 6.68. The molecule has 108 valence electrons. The summed E-state index contributed by atoms with van der Waals surface area (Å²) in [5.41, 5.74) is 2.46. The van der Waals surface area contributed by atoms with Crippen molar-refractivity contribution < 1.29 is 9.84 Å². The summed E-state index contributed by atoms with van der Waals surface area (Å²) in [5, 5.41) is 12.6. The monoisotopic (exact) mass is 283 g/mol.